The largest absolute Gasteiger partial charge is 0.497 e. The molecule has 4 rings (SSSR count). The smallest absolute Gasteiger partial charge is 0.277 e. The van der Waals surface area contributed by atoms with Gasteiger partial charge in [0.2, 0.25) is 11.8 Å². The van der Waals surface area contributed by atoms with Crippen LogP contribution in [0.5, 0.6) is 5.75 Å². The Labute approximate surface area is 184 Å². The minimum atomic E-state index is 0.0648. The lowest BCUT2D eigenvalue weighted by Crippen LogP contribution is -2.49. The Morgan fingerprint density at radius 1 is 1.13 bits per heavy atom. The van der Waals surface area contributed by atoms with Crippen molar-refractivity contribution in [2.24, 2.45) is 0 Å². The van der Waals surface area contributed by atoms with Crippen molar-refractivity contribution in [1.29, 1.82) is 0 Å². The number of hydrogen-bond acceptors (Lipinski definition) is 7. The molecule has 1 aliphatic heterocycles. The maximum Gasteiger partial charge on any atom is 0.277 e. The zero-order valence-electron chi connectivity index (χ0n) is 16.5. The number of halogens is 1. The molecule has 2 aromatic carbocycles. The molecule has 1 aliphatic rings. The summed E-state index contributed by atoms with van der Waals surface area (Å²) in [7, 11) is 1.62. The van der Waals surface area contributed by atoms with Gasteiger partial charge in [-0.3, -0.25) is 4.79 Å². The third kappa shape index (κ3) is 4.88. The molecular formula is C21H21ClN4O3S. The second-order valence-corrected chi connectivity index (χ2v) is 8.10. The van der Waals surface area contributed by atoms with Gasteiger partial charge in [0.05, 0.1) is 12.9 Å². The van der Waals surface area contributed by atoms with Crippen molar-refractivity contribution in [3.05, 3.63) is 53.6 Å². The van der Waals surface area contributed by atoms with Gasteiger partial charge < -0.3 is 19.0 Å². The summed E-state index contributed by atoms with van der Waals surface area (Å²) in [4.78, 5) is 16.7. The minimum absolute atomic E-state index is 0.0648. The van der Waals surface area contributed by atoms with Crippen LogP contribution in [0.25, 0.3) is 11.5 Å². The predicted molar refractivity (Wildman–Crippen MR) is 117 cm³/mol. The highest BCUT2D eigenvalue weighted by Crippen LogP contribution is 2.25. The van der Waals surface area contributed by atoms with Crippen LogP contribution in [0, 0.1) is 0 Å². The van der Waals surface area contributed by atoms with E-state index in [9.17, 15) is 4.79 Å². The van der Waals surface area contributed by atoms with E-state index in [1.807, 2.05) is 53.4 Å². The monoisotopic (exact) mass is 444 g/mol. The Hall–Kier alpha value is -2.71. The van der Waals surface area contributed by atoms with Gasteiger partial charge in [0, 0.05) is 42.5 Å². The Balaban J connectivity index is 1.27. The van der Waals surface area contributed by atoms with Gasteiger partial charge in [-0.05, 0) is 42.5 Å². The van der Waals surface area contributed by atoms with Crippen LogP contribution in [0.15, 0.2) is 58.2 Å². The molecule has 0 unspecified atom stereocenters. The van der Waals surface area contributed by atoms with Crippen LogP contribution in [0.4, 0.5) is 5.69 Å². The zero-order chi connectivity index (χ0) is 20.9. The molecule has 0 aliphatic carbocycles. The highest BCUT2D eigenvalue weighted by molar-refractivity contribution is 7.99. The van der Waals surface area contributed by atoms with Crippen LogP contribution in [0.2, 0.25) is 5.02 Å². The van der Waals surface area contributed by atoms with Crippen molar-refractivity contribution in [3.63, 3.8) is 0 Å². The summed E-state index contributed by atoms with van der Waals surface area (Å²) >= 11 is 7.33. The third-order valence-corrected chi connectivity index (χ3v) is 5.91. The normalized spacial score (nSPS) is 14.1. The zero-order valence-corrected chi connectivity index (χ0v) is 18.0. The van der Waals surface area contributed by atoms with Crippen molar-refractivity contribution >= 4 is 35.0 Å². The Morgan fingerprint density at radius 2 is 1.90 bits per heavy atom. The first-order chi connectivity index (χ1) is 14.6. The molecule has 0 N–H and O–H groups in total. The first-order valence-electron chi connectivity index (χ1n) is 9.51. The van der Waals surface area contributed by atoms with Gasteiger partial charge in [-0.1, -0.05) is 29.4 Å². The number of amides is 1. The fourth-order valence-corrected chi connectivity index (χ4v) is 4.07. The number of methoxy groups -OCH3 is 1. The Morgan fingerprint density at radius 3 is 2.60 bits per heavy atom. The number of hydrogen-bond donors (Lipinski definition) is 0. The fourth-order valence-electron chi connectivity index (χ4n) is 3.22. The van der Waals surface area contributed by atoms with E-state index in [1.165, 1.54) is 11.8 Å². The van der Waals surface area contributed by atoms with Gasteiger partial charge in [0.15, 0.2) is 0 Å². The quantitative estimate of drug-likeness (QED) is 0.535. The molecule has 7 nitrogen and oxygen atoms in total. The van der Waals surface area contributed by atoms with Crippen molar-refractivity contribution < 1.29 is 13.9 Å². The predicted octanol–water partition coefficient (Wildman–Crippen LogP) is 3.84. The molecule has 2 heterocycles. The average molecular weight is 445 g/mol. The van der Waals surface area contributed by atoms with Crippen molar-refractivity contribution in [2.75, 3.05) is 43.9 Å². The molecule has 0 radical (unpaired) electrons. The summed E-state index contributed by atoms with van der Waals surface area (Å²) in [6, 6.07) is 15.2. The van der Waals surface area contributed by atoms with E-state index in [0.29, 0.717) is 24.2 Å². The number of piperazine rings is 1. The summed E-state index contributed by atoms with van der Waals surface area (Å²) < 4.78 is 10.8. The summed E-state index contributed by atoms with van der Waals surface area (Å²) in [6.07, 6.45) is 0. The van der Waals surface area contributed by atoms with Crippen LogP contribution < -0.4 is 9.64 Å². The minimum Gasteiger partial charge on any atom is -0.497 e. The van der Waals surface area contributed by atoms with E-state index >= 15 is 0 Å². The Bertz CT molecular complexity index is 1000. The SMILES string of the molecule is COc1ccc(-c2nnc(SCC(=O)N3CCN(c4cccc(Cl)c4)CC3)o2)cc1. The van der Waals surface area contributed by atoms with E-state index in [0.717, 1.165) is 35.1 Å². The maximum absolute atomic E-state index is 12.6. The number of benzene rings is 2. The topological polar surface area (TPSA) is 71.7 Å². The van der Waals surface area contributed by atoms with Crippen LogP contribution in [0.1, 0.15) is 0 Å². The maximum atomic E-state index is 12.6. The summed E-state index contributed by atoms with van der Waals surface area (Å²) in [5.41, 5.74) is 1.89. The Kier molecular flexibility index (Phi) is 6.44. The van der Waals surface area contributed by atoms with E-state index in [-0.39, 0.29) is 11.7 Å². The number of carbonyl (C=O) groups excluding carboxylic acids is 1. The van der Waals surface area contributed by atoms with E-state index in [4.69, 9.17) is 20.8 Å². The van der Waals surface area contributed by atoms with E-state index < -0.39 is 0 Å². The lowest BCUT2D eigenvalue weighted by Gasteiger charge is -2.36. The summed E-state index contributed by atoms with van der Waals surface area (Å²) in [5, 5.41) is 9.20. The molecule has 9 heteroatoms. The van der Waals surface area contributed by atoms with Gasteiger partial charge in [-0.25, -0.2) is 0 Å². The summed E-state index contributed by atoms with van der Waals surface area (Å²) in [6.45, 7) is 2.90. The second-order valence-electron chi connectivity index (χ2n) is 6.74. The number of anilines is 1. The van der Waals surface area contributed by atoms with E-state index in [1.54, 1.807) is 7.11 Å². The second kappa shape index (κ2) is 9.40. The lowest BCUT2D eigenvalue weighted by molar-refractivity contribution is -0.128. The van der Waals surface area contributed by atoms with Gasteiger partial charge in [-0.2, -0.15) is 0 Å². The molecule has 1 saturated heterocycles. The number of thioether (sulfide) groups is 1. The van der Waals surface area contributed by atoms with Crippen LogP contribution in [-0.4, -0.2) is 60.0 Å². The molecule has 0 spiro atoms. The molecule has 3 aromatic rings. The molecule has 1 amide bonds. The van der Waals surface area contributed by atoms with Gasteiger partial charge >= 0.3 is 0 Å². The van der Waals surface area contributed by atoms with Gasteiger partial charge in [0.1, 0.15) is 5.75 Å². The standard InChI is InChI=1S/C21H21ClN4O3S/c1-28-18-7-5-15(6-8-18)20-23-24-21(29-20)30-14-19(27)26-11-9-25(10-12-26)17-4-2-3-16(22)13-17/h2-8,13H,9-12,14H2,1H3. The molecule has 1 aromatic heterocycles. The van der Waals surface area contributed by atoms with Crippen molar-refractivity contribution in [3.8, 4) is 17.2 Å². The number of aromatic nitrogens is 2. The molecule has 156 valence electrons. The van der Waals surface area contributed by atoms with E-state index in [2.05, 4.69) is 15.1 Å². The number of rotatable bonds is 6. The molecule has 1 fully saturated rings. The van der Waals surface area contributed by atoms with Crippen molar-refractivity contribution in [2.45, 2.75) is 5.22 Å². The third-order valence-electron chi connectivity index (χ3n) is 4.87. The van der Waals surface area contributed by atoms with Gasteiger partial charge in [-0.15, -0.1) is 10.2 Å². The average Bonchev–Trinajstić information content (AvgIpc) is 3.27. The van der Waals surface area contributed by atoms with Crippen LogP contribution >= 0.6 is 23.4 Å². The highest BCUT2D eigenvalue weighted by atomic mass is 35.5. The fraction of sp³-hybridized carbons (Fsp3) is 0.286. The highest BCUT2D eigenvalue weighted by Gasteiger charge is 2.22. The van der Waals surface area contributed by atoms with Crippen LogP contribution in [-0.2, 0) is 4.79 Å². The number of carbonyl (C=O) groups is 1. The van der Waals surface area contributed by atoms with Crippen LogP contribution in [0.3, 0.4) is 0 Å². The number of ether oxygens (including phenoxy) is 1. The molecule has 0 atom stereocenters. The van der Waals surface area contributed by atoms with Crippen molar-refractivity contribution in [1.82, 2.24) is 15.1 Å². The lowest BCUT2D eigenvalue weighted by atomic mass is 10.2. The first kappa shape index (κ1) is 20.6. The first-order valence-corrected chi connectivity index (χ1v) is 10.9. The molecule has 0 bridgehead atoms. The molecule has 30 heavy (non-hydrogen) atoms. The van der Waals surface area contributed by atoms with Gasteiger partial charge in [0.25, 0.3) is 5.22 Å². The summed E-state index contributed by atoms with van der Waals surface area (Å²) in [5.74, 6) is 1.51. The molecular weight excluding hydrogens is 424 g/mol. The molecule has 0 saturated carbocycles. The number of nitrogens with zero attached hydrogens (tertiary/aromatic N) is 4.